The number of rotatable bonds is 8. The number of amides is 1. The van der Waals surface area contributed by atoms with Crippen molar-refractivity contribution in [1.82, 2.24) is 9.88 Å². The molecule has 0 atom stereocenters. The van der Waals surface area contributed by atoms with E-state index in [9.17, 15) is 4.79 Å². The van der Waals surface area contributed by atoms with Crippen LogP contribution in [-0.2, 0) is 11.3 Å². The highest BCUT2D eigenvalue weighted by atomic mass is 35.5. The average Bonchev–Trinajstić information content (AvgIpc) is 2.74. The number of halogens is 1. The second-order valence-corrected chi connectivity index (χ2v) is 4.21. The lowest BCUT2D eigenvalue weighted by molar-refractivity contribution is 0.0864. The van der Waals surface area contributed by atoms with Gasteiger partial charge in [0.2, 0.25) is 0 Å². The van der Waals surface area contributed by atoms with Crippen LogP contribution in [0.5, 0.6) is 0 Å². The molecule has 0 aliphatic carbocycles. The molecule has 0 saturated heterocycles. The predicted octanol–water partition coefficient (Wildman–Crippen LogP) is 1.29. The van der Waals surface area contributed by atoms with Gasteiger partial charge in [0, 0.05) is 25.9 Å². The van der Waals surface area contributed by atoms with Gasteiger partial charge in [-0.05, 0) is 19.4 Å². The largest absolute Gasteiger partial charge is 0.394 e. The number of nitrogens with zero attached hydrogens (tertiary/aromatic N) is 1. The van der Waals surface area contributed by atoms with Crippen LogP contribution in [0.3, 0.4) is 0 Å². The fourth-order valence-electron chi connectivity index (χ4n) is 1.56. The zero-order valence-corrected chi connectivity index (χ0v) is 11.2. The third-order valence-corrected chi connectivity index (χ3v) is 2.63. The van der Waals surface area contributed by atoms with Crippen molar-refractivity contribution in [2.24, 2.45) is 0 Å². The molecule has 2 N–H and O–H groups in total. The minimum atomic E-state index is -0.133. The van der Waals surface area contributed by atoms with E-state index in [0.29, 0.717) is 43.4 Å². The lowest BCUT2D eigenvalue weighted by Crippen LogP contribution is -2.27. The third-order valence-electron chi connectivity index (χ3n) is 2.42. The summed E-state index contributed by atoms with van der Waals surface area (Å²) in [7, 11) is 0. The zero-order valence-electron chi connectivity index (χ0n) is 10.5. The molecule has 1 aromatic rings. The van der Waals surface area contributed by atoms with Crippen molar-refractivity contribution >= 4 is 17.5 Å². The maximum Gasteiger partial charge on any atom is 0.267 e. The van der Waals surface area contributed by atoms with E-state index in [1.54, 1.807) is 16.8 Å². The number of aromatic nitrogens is 1. The summed E-state index contributed by atoms with van der Waals surface area (Å²) >= 11 is 5.86. The summed E-state index contributed by atoms with van der Waals surface area (Å²) in [6.07, 6.45) is 2.45. The van der Waals surface area contributed by atoms with Gasteiger partial charge in [0.25, 0.3) is 5.91 Å². The van der Waals surface area contributed by atoms with Crippen molar-refractivity contribution in [3.63, 3.8) is 0 Å². The topological polar surface area (TPSA) is 63.5 Å². The van der Waals surface area contributed by atoms with E-state index in [4.69, 9.17) is 21.4 Å². The minimum absolute atomic E-state index is 0.0227. The van der Waals surface area contributed by atoms with Crippen molar-refractivity contribution < 1.29 is 14.6 Å². The number of hydrogen-bond acceptors (Lipinski definition) is 3. The van der Waals surface area contributed by atoms with Crippen LogP contribution in [0, 0.1) is 0 Å². The maximum atomic E-state index is 11.9. The van der Waals surface area contributed by atoms with Crippen LogP contribution >= 0.6 is 11.6 Å². The Hall–Kier alpha value is -1.04. The fraction of sp³-hybridized carbons (Fsp3) is 0.583. The summed E-state index contributed by atoms with van der Waals surface area (Å²) in [5.41, 5.74) is 0.568. The van der Waals surface area contributed by atoms with Gasteiger partial charge in [-0.15, -0.1) is 0 Å². The number of ether oxygens (including phenoxy) is 1. The molecular weight excluding hydrogens is 256 g/mol. The summed E-state index contributed by atoms with van der Waals surface area (Å²) in [6.45, 7) is 4.08. The van der Waals surface area contributed by atoms with Gasteiger partial charge in [-0.3, -0.25) is 4.79 Å². The number of carbonyl (C=O) groups is 1. The molecule has 0 bridgehead atoms. The summed E-state index contributed by atoms with van der Waals surface area (Å²) in [5.74, 6) is -0.133. The highest BCUT2D eigenvalue weighted by Gasteiger charge is 2.11. The molecule has 0 unspecified atom stereocenters. The SMILES string of the molecule is CCn1cc(Cl)cc1C(=O)NCCCOCCO. The number of carbonyl (C=O) groups excluding carboxylic acids is 1. The van der Waals surface area contributed by atoms with E-state index in [-0.39, 0.29) is 12.5 Å². The van der Waals surface area contributed by atoms with Gasteiger partial charge in [-0.25, -0.2) is 0 Å². The van der Waals surface area contributed by atoms with Crippen molar-refractivity contribution in [2.45, 2.75) is 19.9 Å². The minimum Gasteiger partial charge on any atom is -0.394 e. The lowest BCUT2D eigenvalue weighted by atomic mass is 10.3. The van der Waals surface area contributed by atoms with E-state index < -0.39 is 0 Å². The molecule has 1 heterocycles. The van der Waals surface area contributed by atoms with Crippen LogP contribution in [0.25, 0.3) is 0 Å². The molecule has 0 aromatic carbocycles. The van der Waals surface area contributed by atoms with Gasteiger partial charge >= 0.3 is 0 Å². The van der Waals surface area contributed by atoms with E-state index >= 15 is 0 Å². The number of nitrogens with one attached hydrogen (secondary N) is 1. The fourth-order valence-corrected chi connectivity index (χ4v) is 1.78. The zero-order chi connectivity index (χ0) is 13.4. The van der Waals surface area contributed by atoms with Gasteiger partial charge in [0.1, 0.15) is 5.69 Å². The van der Waals surface area contributed by atoms with Gasteiger partial charge < -0.3 is 19.7 Å². The quantitative estimate of drug-likeness (QED) is 0.702. The Morgan fingerprint density at radius 1 is 1.56 bits per heavy atom. The van der Waals surface area contributed by atoms with E-state index in [2.05, 4.69) is 5.32 Å². The molecule has 1 amide bonds. The van der Waals surface area contributed by atoms with Crippen molar-refractivity contribution in [3.8, 4) is 0 Å². The van der Waals surface area contributed by atoms with Crippen LogP contribution in [0.4, 0.5) is 0 Å². The Kier molecular flexibility index (Phi) is 6.78. The predicted molar refractivity (Wildman–Crippen MR) is 70.0 cm³/mol. The molecule has 5 nitrogen and oxygen atoms in total. The Morgan fingerprint density at radius 3 is 3.00 bits per heavy atom. The van der Waals surface area contributed by atoms with Crippen molar-refractivity contribution in [2.75, 3.05) is 26.4 Å². The summed E-state index contributed by atoms with van der Waals surface area (Å²) in [4.78, 5) is 11.9. The number of aliphatic hydroxyl groups excluding tert-OH is 1. The van der Waals surface area contributed by atoms with E-state index in [1.165, 1.54) is 0 Å². The molecule has 6 heteroatoms. The van der Waals surface area contributed by atoms with Gasteiger partial charge in [-0.1, -0.05) is 11.6 Å². The number of aliphatic hydroxyl groups is 1. The molecule has 102 valence electrons. The highest BCUT2D eigenvalue weighted by molar-refractivity contribution is 6.31. The van der Waals surface area contributed by atoms with Gasteiger partial charge in [0.15, 0.2) is 0 Å². The first-order valence-corrected chi connectivity index (χ1v) is 6.39. The molecule has 18 heavy (non-hydrogen) atoms. The second-order valence-electron chi connectivity index (χ2n) is 3.78. The van der Waals surface area contributed by atoms with Crippen LogP contribution in [0.15, 0.2) is 12.3 Å². The molecule has 0 saturated carbocycles. The van der Waals surface area contributed by atoms with Crippen LogP contribution < -0.4 is 5.32 Å². The Balaban J connectivity index is 2.32. The first-order chi connectivity index (χ1) is 8.69. The van der Waals surface area contributed by atoms with Gasteiger partial charge in [-0.2, -0.15) is 0 Å². The lowest BCUT2D eigenvalue weighted by Gasteiger charge is -2.07. The smallest absolute Gasteiger partial charge is 0.267 e. The summed E-state index contributed by atoms with van der Waals surface area (Å²) < 4.78 is 6.90. The highest BCUT2D eigenvalue weighted by Crippen LogP contribution is 2.13. The maximum absolute atomic E-state index is 11.9. The normalized spacial score (nSPS) is 10.6. The average molecular weight is 275 g/mol. The summed E-state index contributed by atoms with van der Waals surface area (Å²) in [6, 6.07) is 1.66. The molecule has 0 radical (unpaired) electrons. The van der Waals surface area contributed by atoms with Crippen LogP contribution in [-0.4, -0.2) is 41.9 Å². The van der Waals surface area contributed by atoms with Crippen molar-refractivity contribution in [3.05, 3.63) is 23.0 Å². The molecule has 1 aromatic heterocycles. The first kappa shape index (κ1) is 15.0. The molecular formula is C12H19ClN2O3. The Labute approximate surface area is 112 Å². The molecule has 0 spiro atoms. The third kappa shape index (κ3) is 4.68. The molecule has 0 aliphatic heterocycles. The first-order valence-electron chi connectivity index (χ1n) is 6.01. The standard InChI is InChI=1S/C12H19ClN2O3/c1-2-15-9-10(13)8-11(15)12(17)14-4-3-6-18-7-5-16/h8-9,16H,2-7H2,1H3,(H,14,17). The number of aryl methyl sites for hydroxylation is 1. The van der Waals surface area contributed by atoms with Crippen LogP contribution in [0.1, 0.15) is 23.8 Å². The Morgan fingerprint density at radius 2 is 2.33 bits per heavy atom. The van der Waals surface area contributed by atoms with Gasteiger partial charge in [0.05, 0.1) is 18.2 Å². The second kappa shape index (κ2) is 8.13. The number of hydrogen-bond donors (Lipinski definition) is 2. The molecule has 0 fully saturated rings. The summed E-state index contributed by atoms with van der Waals surface area (Å²) in [5, 5.41) is 11.9. The van der Waals surface area contributed by atoms with Crippen LogP contribution in [0.2, 0.25) is 5.02 Å². The molecule has 1 rings (SSSR count). The van der Waals surface area contributed by atoms with E-state index in [0.717, 1.165) is 0 Å². The Bertz CT molecular complexity index is 379. The molecule has 0 aliphatic rings. The van der Waals surface area contributed by atoms with E-state index in [1.807, 2.05) is 6.92 Å². The van der Waals surface area contributed by atoms with Crippen molar-refractivity contribution in [1.29, 1.82) is 0 Å². The monoisotopic (exact) mass is 274 g/mol.